The Morgan fingerprint density at radius 2 is 1.85 bits per heavy atom. The van der Waals surface area contributed by atoms with Crippen molar-refractivity contribution in [3.05, 3.63) is 72.2 Å². The van der Waals surface area contributed by atoms with E-state index in [2.05, 4.69) is 10.3 Å². The molecule has 7 heteroatoms. The number of nitrogens with one attached hydrogen (secondary N) is 1. The fourth-order valence-electron chi connectivity index (χ4n) is 2.97. The fraction of sp³-hybridized carbons (Fsp3) is 0.100. The zero-order valence-electron chi connectivity index (χ0n) is 14.3. The summed E-state index contributed by atoms with van der Waals surface area (Å²) in [7, 11) is 0. The Morgan fingerprint density at radius 3 is 2.52 bits per heavy atom. The molecule has 0 saturated heterocycles. The number of para-hydroxylation sites is 2. The van der Waals surface area contributed by atoms with Crippen LogP contribution in [0.25, 0.3) is 22.4 Å². The predicted molar refractivity (Wildman–Crippen MR) is 97.8 cm³/mol. The molecular weight excluding hydrogens is 352 g/mol. The number of fused-ring (bicyclic) bond motifs is 1. The number of imidazole rings is 1. The van der Waals surface area contributed by atoms with E-state index in [1.54, 1.807) is 61.5 Å². The van der Waals surface area contributed by atoms with E-state index in [9.17, 15) is 13.6 Å². The molecule has 136 valence electrons. The van der Waals surface area contributed by atoms with E-state index in [4.69, 9.17) is 4.42 Å². The highest BCUT2D eigenvalue weighted by atomic mass is 19.3. The minimum absolute atomic E-state index is 0.176. The second kappa shape index (κ2) is 6.68. The lowest BCUT2D eigenvalue weighted by Crippen LogP contribution is -2.12. The largest absolute Gasteiger partial charge is 0.469 e. The maximum Gasteiger partial charge on any atom is 0.320 e. The molecule has 0 spiro atoms. The van der Waals surface area contributed by atoms with E-state index in [0.29, 0.717) is 33.6 Å². The fourth-order valence-corrected chi connectivity index (χ4v) is 2.97. The van der Waals surface area contributed by atoms with Crippen molar-refractivity contribution < 1.29 is 18.0 Å². The molecule has 0 fully saturated rings. The molecule has 0 aliphatic carbocycles. The van der Waals surface area contributed by atoms with Crippen LogP contribution in [0, 0.1) is 6.92 Å². The number of alkyl halides is 2. The summed E-state index contributed by atoms with van der Waals surface area (Å²) < 4.78 is 33.2. The first-order valence-corrected chi connectivity index (χ1v) is 8.25. The van der Waals surface area contributed by atoms with Crippen LogP contribution in [0.3, 0.4) is 0 Å². The van der Waals surface area contributed by atoms with Crippen molar-refractivity contribution in [1.29, 1.82) is 0 Å². The van der Waals surface area contributed by atoms with E-state index in [1.165, 1.54) is 6.26 Å². The second-order valence-electron chi connectivity index (χ2n) is 5.99. The molecule has 0 saturated carbocycles. The van der Waals surface area contributed by atoms with Gasteiger partial charge in [0.25, 0.3) is 5.91 Å². The molecular formula is C20H15F2N3O2. The number of halogens is 2. The average Bonchev–Trinajstić information content (AvgIpc) is 3.25. The summed E-state index contributed by atoms with van der Waals surface area (Å²) in [6, 6.07) is 14.9. The summed E-state index contributed by atoms with van der Waals surface area (Å²) in [4.78, 5) is 16.6. The minimum atomic E-state index is -2.71. The molecule has 0 atom stereocenters. The van der Waals surface area contributed by atoms with Gasteiger partial charge in [-0.15, -0.1) is 0 Å². The summed E-state index contributed by atoms with van der Waals surface area (Å²) >= 11 is 0. The molecule has 2 heterocycles. The Morgan fingerprint density at radius 1 is 1.11 bits per heavy atom. The molecule has 4 aromatic rings. The molecule has 0 aliphatic heterocycles. The topological polar surface area (TPSA) is 60.1 Å². The molecule has 27 heavy (non-hydrogen) atoms. The van der Waals surface area contributed by atoms with Gasteiger partial charge in [0.1, 0.15) is 11.6 Å². The van der Waals surface area contributed by atoms with Crippen LogP contribution in [0.15, 0.2) is 65.3 Å². The number of carbonyl (C=O) groups excluding carboxylic acids is 1. The molecule has 4 rings (SSSR count). The van der Waals surface area contributed by atoms with Crippen LogP contribution in [0.4, 0.5) is 14.5 Å². The predicted octanol–water partition coefficient (Wildman–Crippen LogP) is 5.25. The van der Waals surface area contributed by atoms with Crippen molar-refractivity contribution in [2.45, 2.75) is 13.5 Å². The molecule has 0 radical (unpaired) electrons. The van der Waals surface area contributed by atoms with Gasteiger partial charge in [-0.1, -0.05) is 12.1 Å². The smallest absolute Gasteiger partial charge is 0.320 e. The van der Waals surface area contributed by atoms with Crippen LogP contribution < -0.4 is 5.32 Å². The summed E-state index contributed by atoms with van der Waals surface area (Å²) in [5.74, 6) is 0.401. The molecule has 0 aliphatic rings. The third kappa shape index (κ3) is 3.08. The number of carbonyl (C=O) groups is 1. The zero-order valence-corrected chi connectivity index (χ0v) is 14.3. The number of hydrogen-bond acceptors (Lipinski definition) is 3. The Kier molecular flexibility index (Phi) is 4.19. The summed E-state index contributed by atoms with van der Waals surface area (Å²) in [5, 5.41) is 2.75. The van der Waals surface area contributed by atoms with E-state index >= 15 is 0 Å². The third-order valence-corrected chi connectivity index (χ3v) is 4.30. The molecule has 1 amide bonds. The van der Waals surface area contributed by atoms with Gasteiger partial charge >= 0.3 is 6.55 Å². The molecule has 1 N–H and O–H groups in total. The quantitative estimate of drug-likeness (QED) is 0.536. The van der Waals surface area contributed by atoms with Crippen molar-refractivity contribution in [3.8, 4) is 11.4 Å². The van der Waals surface area contributed by atoms with E-state index in [0.717, 1.165) is 4.57 Å². The highest BCUT2D eigenvalue weighted by molar-refractivity contribution is 6.05. The zero-order chi connectivity index (χ0) is 19.0. The monoisotopic (exact) mass is 367 g/mol. The first kappa shape index (κ1) is 17.0. The number of benzene rings is 2. The van der Waals surface area contributed by atoms with Gasteiger partial charge in [-0.05, 0) is 49.4 Å². The highest BCUT2D eigenvalue weighted by Crippen LogP contribution is 2.30. The number of aryl methyl sites for hydroxylation is 1. The maximum atomic E-state index is 13.6. The number of furan rings is 1. The number of amides is 1. The van der Waals surface area contributed by atoms with E-state index in [1.807, 2.05) is 0 Å². The maximum absolute atomic E-state index is 13.6. The van der Waals surface area contributed by atoms with E-state index in [-0.39, 0.29) is 11.7 Å². The molecule has 0 unspecified atom stereocenters. The molecule has 0 bridgehead atoms. The third-order valence-electron chi connectivity index (χ3n) is 4.30. The van der Waals surface area contributed by atoms with Gasteiger partial charge in [-0.3, -0.25) is 9.36 Å². The standard InChI is InChI=1S/C20H15F2N3O2/c1-12-15(10-11-27-12)19(26)23-14-8-6-13(7-9-14)18-24-16-4-2-3-5-17(16)25(18)20(21)22/h2-11,20H,1H3,(H,23,26). The van der Waals surface area contributed by atoms with Gasteiger partial charge in [-0.2, -0.15) is 8.78 Å². The van der Waals surface area contributed by atoms with Crippen LogP contribution in [0.5, 0.6) is 0 Å². The van der Waals surface area contributed by atoms with Gasteiger partial charge < -0.3 is 9.73 Å². The number of hydrogen-bond donors (Lipinski definition) is 1. The lowest BCUT2D eigenvalue weighted by Gasteiger charge is -2.09. The van der Waals surface area contributed by atoms with Crippen molar-refractivity contribution >= 4 is 22.6 Å². The molecule has 2 aromatic carbocycles. The van der Waals surface area contributed by atoms with Crippen molar-refractivity contribution in [3.63, 3.8) is 0 Å². The van der Waals surface area contributed by atoms with Crippen LogP contribution in [-0.4, -0.2) is 15.5 Å². The number of anilines is 1. The second-order valence-corrected chi connectivity index (χ2v) is 5.99. The first-order chi connectivity index (χ1) is 13.0. The van der Waals surface area contributed by atoms with Crippen LogP contribution in [0.2, 0.25) is 0 Å². The number of nitrogens with zero attached hydrogens (tertiary/aromatic N) is 2. The lowest BCUT2D eigenvalue weighted by atomic mass is 10.2. The lowest BCUT2D eigenvalue weighted by molar-refractivity contribution is 0.0764. The summed E-state index contributed by atoms with van der Waals surface area (Å²) in [6.07, 6.45) is 1.45. The van der Waals surface area contributed by atoms with Gasteiger partial charge in [0, 0.05) is 11.3 Å². The average molecular weight is 367 g/mol. The van der Waals surface area contributed by atoms with Crippen LogP contribution in [-0.2, 0) is 0 Å². The van der Waals surface area contributed by atoms with Gasteiger partial charge in [0.05, 0.1) is 22.9 Å². The Bertz CT molecular complexity index is 1110. The van der Waals surface area contributed by atoms with Crippen molar-refractivity contribution in [2.24, 2.45) is 0 Å². The Balaban J connectivity index is 1.65. The minimum Gasteiger partial charge on any atom is -0.469 e. The normalized spacial score (nSPS) is 11.3. The highest BCUT2D eigenvalue weighted by Gasteiger charge is 2.19. The summed E-state index contributed by atoms with van der Waals surface area (Å²) in [5.41, 5.74) is 2.39. The Labute approximate surface area is 153 Å². The van der Waals surface area contributed by atoms with Gasteiger partial charge in [-0.25, -0.2) is 4.98 Å². The van der Waals surface area contributed by atoms with Gasteiger partial charge in [0.2, 0.25) is 0 Å². The van der Waals surface area contributed by atoms with Gasteiger partial charge in [0.15, 0.2) is 0 Å². The van der Waals surface area contributed by atoms with Crippen molar-refractivity contribution in [2.75, 3.05) is 5.32 Å². The van der Waals surface area contributed by atoms with E-state index < -0.39 is 6.55 Å². The number of rotatable bonds is 4. The summed E-state index contributed by atoms with van der Waals surface area (Å²) in [6.45, 7) is -1.01. The first-order valence-electron chi connectivity index (χ1n) is 8.25. The Hall–Kier alpha value is -3.48. The van der Waals surface area contributed by atoms with Crippen molar-refractivity contribution in [1.82, 2.24) is 9.55 Å². The van der Waals surface area contributed by atoms with Crippen LogP contribution in [0.1, 0.15) is 22.7 Å². The number of aromatic nitrogens is 2. The molecule has 5 nitrogen and oxygen atoms in total. The van der Waals surface area contributed by atoms with Crippen LogP contribution >= 0.6 is 0 Å². The SMILES string of the molecule is Cc1occc1C(=O)Nc1ccc(-c2nc3ccccc3n2C(F)F)cc1. The molecule has 2 aromatic heterocycles.